The quantitative estimate of drug-likeness (QED) is 0.601. The van der Waals surface area contributed by atoms with E-state index in [0.717, 1.165) is 16.7 Å². The molecule has 4 nitrogen and oxygen atoms in total. The summed E-state index contributed by atoms with van der Waals surface area (Å²) in [6, 6.07) is 1.86. The molecule has 0 radical (unpaired) electrons. The Morgan fingerprint density at radius 2 is 1.50 bits per heavy atom. The molecule has 0 bridgehead atoms. The van der Waals surface area contributed by atoms with Gasteiger partial charge in [0.25, 0.3) is 0 Å². The fraction of sp³-hybridized carbons (Fsp3) is 0.429. The van der Waals surface area contributed by atoms with Crippen molar-refractivity contribution in [1.29, 1.82) is 0 Å². The molecule has 0 fully saturated rings. The number of isocyanates is 2. The number of aliphatic imine (C=N–C) groups is 2. The van der Waals surface area contributed by atoms with Crippen LogP contribution in [0.25, 0.3) is 0 Å². The van der Waals surface area contributed by atoms with Crippen molar-refractivity contribution in [2.24, 2.45) is 15.9 Å². The number of carbonyl (C=O) groups excluding carboxylic acids is 2. The van der Waals surface area contributed by atoms with Gasteiger partial charge in [0.15, 0.2) is 0 Å². The molecular weight excluding hydrogens is 228 g/mol. The highest BCUT2D eigenvalue weighted by atomic mass is 16.1. The first-order valence-electron chi connectivity index (χ1n) is 5.80. The fourth-order valence-electron chi connectivity index (χ4n) is 2.05. The molecule has 1 rings (SSSR count). The monoisotopic (exact) mass is 244 g/mol. The Bertz CT molecular complexity index is 507. The summed E-state index contributed by atoms with van der Waals surface area (Å²) in [6.07, 6.45) is 3.82. The lowest BCUT2D eigenvalue weighted by Gasteiger charge is -2.14. The van der Waals surface area contributed by atoms with E-state index >= 15 is 0 Å². The van der Waals surface area contributed by atoms with E-state index < -0.39 is 0 Å². The summed E-state index contributed by atoms with van der Waals surface area (Å²) < 4.78 is 0. The van der Waals surface area contributed by atoms with Gasteiger partial charge in [-0.15, -0.1) is 0 Å². The van der Waals surface area contributed by atoms with Crippen molar-refractivity contribution in [3.63, 3.8) is 0 Å². The van der Waals surface area contributed by atoms with Gasteiger partial charge in [0.2, 0.25) is 12.2 Å². The van der Waals surface area contributed by atoms with Gasteiger partial charge in [-0.05, 0) is 37.3 Å². The van der Waals surface area contributed by atoms with E-state index in [0.29, 0.717) is 23.7 Å². The van der Waals surface area contributed by atoms with Gasteiger partial charge in [-0.25, -0.2) is 9.59 Å². The fourth-order valence-corrected chi connectivity index (χ4v) is 2.05. The van der Waals surface area contributed by atoms with Crippen LogP contribution in [0.2, 0.25) is 0 Å². The molecule has 0 aliphatic rings. The highest BCUT2D eigenvalue weighted by molar-refractivity contribution is 5.71. The van der Waals surface area contributed by atoms with Gasteiger partial charge < -0.3 is 0 Å². The van der Waals surface area contributed by atoms with Gasteiger partial charge in [0.1, 0.15) is 0 Å². The third-order valence-corrected chi connectivity index (χ3v) is 2.68. The topological polar surface area (TPSA) is 58.9 Å². The van der Waals surface area contributed by atoms with E-state index in [9.17, 15) is 9.59 Å². The Labute approximate surface area is 106 Å². The Hall–Kier alpha value is -2.02. The van der Waals surface area contributed by atoms with Crippen LogP contribution in [0.4, 0.5) is 11.4 Å². The predicted molar refractivity (Wildman–Crippen MR) is 70.0 cm³/mol. The van der Waals surface area contributed by atoms with Crippen LogP contribution < -0.4 is 0 Å². The molecule has 18 heavy (non-hydrogen) atoms. The molecular formula is C14H16N2O2. The molecule has 0 N–H and O–H groups in total. The van der Waals surface area contributed by atoms with E-state index in [2.05, 4.69) is 23.8 Å². The largest absolute Gasteiger partial charge is 0.240 e. The minimum absolute atomic E-state index is 0.368. The van der Waals surface area contributed by atoms with E-state index in [4.69, 9.17) is 0 Å². The Balaban J connectivity index is 3.63. The lowest BCUT2D eigenvalue weighted by molar-refractivity contribution is 0.564. The first-order chi connectivity index (χ1) is 8.51. The first-order valence-corrected chi connectivity index (χ1v) is 5.80. The molecule has 0 unspecified atom stereocenters. The molecule has 0 spiro atoms. The molecule has 0 aliphatic heterocycles. The molecule has 1 aromatic rings. The minimum Gasteiger partial charge on any atom is -0.211 e. The Kier molecular flexibility index (Phi) is 4.73. The zero-order valence-electron chi connectivity index (χ0n) is 11.1. The van der Waals surface area contributed by atoms with E-state index in [1.165, 1.54) is 0 Å². The first kappa shape index (κ1) is 14.0. The highest BCUT2D eigenvalue weighted by Crippen LogP contribution is 2.36. The molecule has 0 aromatic heterocycles. The van der Waals surface area contributed by atoms with Crippen LogP contribution in [-0.2, 0) is 16.0 Å². The van der Waals surface area contributed by atoms with Crippen LogP contribution in [0.3, 0.4) is 0 Å². The summed E-state index contributed by atoms with van der Waals surface area (Å²) in [7, 11) is 0. The second kappa shape index (κ2) is 6.06. The summed E-state index contributed by atoms with van der Waals surface area (Å²) in [5.41, 5.74) is 3.72. The molecule has 0 saturated heterocycles. The Morgan fingerprint density at radius 3 is 1.83 bits per heavy atom. The van der Waals surface area contributed by atoms with Crippen LogP contribution in [0.5, 0.6) is 0 Å². The van der Waals surface area contributed by atoms with Crippen molar-refractivity contribution in [2.75, 3.05) is 0 Å². The smallest absolute Gasteiger partial charge is 0.211 e. The number of hydrogen-bond donors (Lipinski definition) is 0. The lowest BCUT2D eigenvalue weighted by atomic mass is 9.94. The highest BCUT2D eigenvalue weighted by Gasteiger charge is 2.15. The van der Waals surface area contributed by atoms with Crippen molar-refractivity contribution in [1.82, 2.24) is 0 Å². The van der Waals surface area contributed by atoms with E-state index in [1.54, 1.807) is 12.2 Å². The van der Waals surface area contributed by atoms with Crippen LogP contribution >= 0.6 is 0 Å². The number of aryl methyl sites for hydroxylation is 2. The summed E-state index contributed by atoms with van der Waals surface area (Å²) in [4.78, 5) is 28.5. The molecule has 4 heteroatoms. The maximum atomic E-state index is 10.5. The van der Waals surface area contributed by atoms with Crippen LogP contribution in [0.15, 0.2) is 16.1 Å². The van der Waals surface area contributed by atoms with Gasteiger partial charge >= 0.3 is 0 Å². The molecule has 0 amide bonds. The van der Waals surface area contributed by atoms with Crippen molar-refractivity contribution in [2.45, 2.75) is 34.1 Å². The van der Waals surface area contributed by atoms with Crippen LogP contribution in [0.1, 0.15) is 30.5 Å². The number of benzene rings is 1. The SMILES string of the molecule is Cc1cc(C)c(N=C=O)c(CC(C)C)c1N=C=O. The van der Waals surface area contributed by atoms with Gasteiger partial charge in [-0.1, -0.05) is 19.9 Å². The average Bonchev–Trinajstić information content (AvgIpc) is 2.28. The maximum Gasteiger partial charge on any atom is 0.240 e. The van der Waals surface area contributed by atoms with Crippen LogP contribution in [0, 0.1) is 19.8 Å². The van der Waals surface area contributed by atoms with Crippen molar-refractivity contribution in [3.8, 4) is 0 Å². The minimum atomic E-state index is 0.368. The molecule has 0 saturated carbocycles. The lowest BCUT2D eigenvalue weighted by Crippen LogP contribution is -1.98. The van der Waals surface area contributed by atoms with Gasteiger partial charge in [-0.2, -0.15) is 9.98 Å². The number of rotatable bonds is 4. The Morgan fingerprint density at radius 1 is 1.06 bits per heavy atom. The zero-order chi connectivity index (χ0) is 13.7. The van der Waals surface area contributed by atoms with E-state index in [1.807, 2.05) is 19.9 Å². The summed E-state index contributed by atoms with van der Waals surface area (Å²) in [5.74, 6) is 0.368. The van der Waals surface area contributed by atoms with Crippen molar-refractivity contribution in [3.05, 3.63) is 22.8 Å². The molecule has 94 valence electrons. The van der Waals surface area contributed by atoms with Gasteiger partial charge in [0, 0.05) is 5.56 Å². The predicted octanol–water partition coefficient (Wildman–Crippen LogP) is 3.44. The number of nitrogens with zero attached hydrogens (tertiary/aromatic N) is 2. The summed E-state index contributed by atoms with van der Waals surface area (Å²) in [6.45, 7) is 7.86. The average molecular weight is 244 g/mol. The third kappa shape index (κ3) is 3.01. The zero-order valence-corrected chi connectivity index (χ0v) is 11.1. The molecule has 0 aliphatic carbocycles. The standard InChI is InChI=1S/C14H16N2O2/c1-9(2)5-12-13(15-7-17)10(3)6-11(4)14(12)16-8-18/h6,9H,5H2,1-4H3. The maximum absolute atomic E-state index is 10.5. The summed E-state index contributed by atoms with van der Waals surface area (Å²) >= 11 is 0. The van der Waals surface area contributed by atoms with Crippen LogP contribution in [-0.4, -0.2) is 12.2 Å². The second-order valence-electron chi connectivity index (χ2n) is 4.69. The molecule has 0 heterocycles. The van der Waals surface area contributed by atoms with Crippen molar-refractivity contribution < 1.29 is 9.59 Å². The van der Waals surface area contributed by atoms with Gasteiger partial charge in [-0.3, -0.25) is 0 Å². The summed E-state index contributed by atoms with van der Waals surface area (Å²) in [5, 5.41) is 0. The number of hydrogen-bond acceptors (Lipinski definition) is 4. The van der Waals surface area contributed by atoms with Gasteiger partial charge in [0.05, 0.1) is 11.4 Å². The second-order valence-corrected chi connectivity index (χ2v) is 4.69. The molecule has 1 aromatic carbocycles. The normalized spacial score (nSPS) is 9.83. The third-order valence-electron chi connectivity index (χ3n) is 2.68. The van der Waals surface area contributed by atoms with E-state index in [-0.39, 0.29) is 0 Å². The molecule has 0 atom stereocenters. The van der Waals surface area contributed by atoms with Crippen molar-refractivity contribution >= 4 is 23.5 Å².